The molecule has 1 saturated heterocycles. The number of carbonyl (C=O) groups excluding carboxylic acids is 1. The maximum absolute atomic E-state index is 12.4. The third-order valence-corrected chi connectivity index (χ3v) is 3.62. The Balaban J connectivity index is 2.09. The number of nitrogen functional groups attached to an aromatic ring is 1. The number of aliphatic carboxylic acids is 1. The van der Waals surface area contributed by atoms with Gasteiger partial charge in [-0.05, 0) is 37.5 Å². The Bertz CT molecular complexity index is 505. The number of aryl methyl sites for hydroxylation is 1. The van der Waals surface area contributed by atoms with Crippen LogP contribution in [0.3, 0.4) is 0 Å². The standard InChI is InChI=1S/C14H18N2O3/c1-9-2-3-11(15)8-12(9)13(17)16-6-4-10(5-7-16)14(18)19/h2-3,8,10H,4-7,15H2,1H3,(H,18,19). The van der Waals surface area contributed by atoms with E-state index in [9.17, 15) is 9.59 Å². The molecular formula is C14H18N2O3. The molecule has 5 nitrogen and oxygen atoms in total. The maximum Gasteiger partial charge on any atom is 0.306 e. The van der Waals surface area contributed by atoms with Gasteiger partial charge in [0, 0.05) is 24.3 Å². The summed E-state index contributed by atoms with van der Waals surface area (Å²) in [5, 5.41) is 8.94. The maximum atomic E-state index is 12.4. The number of nitrogens with zero attached hydrogens (tertiary/aromatic N) is 1. The summed E-state index contributed by atoms with van der Waals surface area (Å²) in [6.45, 7) is 2.85. The predicted octanol–water partition coefficient (Wildman–Crippen LogP) is 1.51. The van der Waals surface area contributed by atoms with Crippen molar-refractivity contribution in [2.45, 2.75) is 19.8 Å². The van der Waals surface area contributed by atoms with Crippen molar-refractivity contribution in [2.24, 2.45) is 5.92 Å². The molecule has 0 unspecified atom stereocenters. The molecule has 5 heteroatoms. The van der Waals surface area contributed by atoms with E-state index in [1.807, 2.05) is 13.0 Å². The topological polar surface area (TPSA) is 83.6 Å². The first-order valence-corrected chi connectivity index (χ1v) is 6.37. The monoisotopic (exact) mass is 262 g/mol. The summed E-state index contributed by atoms with van der Waals surface area (Å²) in [5.74, 6) is -1.16. The van der Waals surface area contributed by atoms with Gasteiger partial charge in [-0.25, -0.2) is 0 Å². The molecule has 0 aromatic heterocycles. The molecule has 1 aromatic rings. The van der Waals surface area contributed by atoms with E-state index < -0.39 is 5.97 Å². The van der Waals surface area contributed by atoms with Gasteiger partial charge in [0.25, 0.3) is 5.91 Å². The van der Waals surface area contributed by atoms with E-state index in [2.05, 4.69) is 0 Å². The van der Waals surface area contributed by atoms with Crippen LogP contribution >= 0.6 is 0 Å². The van der Waals surface area contributed by atoms with E-state index in [0.717, 1.165) is 5.56 Å². The average molecular weight is 262 g/mol. The van der Waals surface area contributed by atoms with E-state index in [0.29, 0.717) is 37.2 Å². The number of benzene rings is 1. The highest BCUT2D eigenvalue weighted by Crippen LogP contribution is 2.21. The Morgan fingerprint density at radius 3 is 2.53 bits per heavy atom. The zero-order valence-electron chi connectivity index (χ0n) is 10.9. The predicted molar refractivity (Wildman–Crippen MR) is 71.9 cm³/mol. The third-order valence-electron chi connectivity index (χ3n) is 3.62. The van der Waals surface area contributed by atoms with Crippen LogP contribution < -0.4 is 5.73 Å². The normalized spacial score (nSPS) is 16.4. The first-order valence-electron chi connectivity index (χ1n) is 6.37. The highest BCUT2D eigenvalue weighted by atomic mass is 16.4. The summed E-state index contributed by atoms with van der Waals surface area (Å²) >= 11 is 0. The fourth-order valence-corrected chi connectivity index (χ4v) is 2.37. The summed E-state index contributed by atoms with van der Waals surface area (Å²) in [6, 6.07) is 5.27. The summed E-state index contributed by atoms with van der Waals surface area (Å²) < 4.78 is 0. The van der Waals surface area contributed by atoms with Crippen LogP contribution in [0.2, 0.25) is 0 Å². The van der Waals surface area contributed by atoms with E-state index in [4.69, 9.17) is 10.8 Å². The van der Waals surface area contributed by atoms with E-state index in [1.165, 1.54) is 0 Å². The second-order valence-electron chi connectivity index (χ2n) is 4.98. The zero-order valence-corrected chi connectivity index (χ0v) is 10.9. The molecule has 0 atom stereocenters. The van der Waals surface area contributed by atoms with Gasteiger partial charge in [0.15, 0.2) is 0 Å². The largest absolute Gasteiger partial charge is 0.481 e. The lowest BCUT2D eigenvalue weighted by atomic mass is 9.96. The molecule has 0 bridgehead atoms. The Morgan fingerprint density at radius 2 is 1.95 bits per heavy atom. The van der Waals surface area contributed by atoms with Crippen molar-refractivity contribution < 1.29 is 14.7 Å². The molecule has 102 valence electrons. The second-order valence-corrected chi connectivity index (χ2v) is 4.98. The number of hydrogen-bond acceptors (Lipinski definition) is 3. The van der Waals surface area contributed by atoms with Crippen molar-refractivity contribution in [3.63, 3.8) is 0 Å². The smallest absolute Gasteiger partial charge is 0.306 e. The summed E-state index contributed by atoms with van der Waals surface area (Å²) in [7, 11) is 0. The number of likely N-dealkylation sites (tertiary alicyclic amines) is 1. The highest BCUT2D eigenvalue weighted by molar-refractivity contribution is 5.96. The minimum atomic E-state index is -0.771. The zero-order chi connectivity index (χ0) is 14.0. The van der Waals surface area contributed by atoms with Crippen LogP contribution in [-0.4, -0.2) is 35.0 Å². The summed E-state index contributed by atoms with van der Waals surface area (Å²) in [5.41, 5.74) is 7.77. The lowest BCUT2D eigenvalue weighted by Gasteiger charge is -2.30. The first kappa shape index (κ1) is 13.4. The van der Waals surface area contributed by atoms with Crippen molar-refractivity contribution in [2.75, 3.05) is 18.8 Å². The van der Waals surface area contributed by atoms with Crippen LogP contribution in [0.15, 0.2) is 18.2 Å². The minimum Gasteiger partial charge on any atom is -0.481 e. The van der Waals surface area contributed by atoms with Crippen molar-refractivity contribution in [3.8, 4) is 0 Å². The number of carbonyl (C=O) groups is 2. The number of piperidine rings is 1. The van der Waals surface area contributed by atoms with Gasteiger partial charge in [0.05, 0.1) is 5.92 Å². The first-order chi connectivity index (χ1) is 8.99. The number of hydrogen-bond donors (Lipinski definition) is 2. The molecule has 0 saturated carbocycles. The van der Waals surface area contributed by atoms with Gasteiger partial charge in [-0.15, -0.1) is 0 Å². The molecule has 3 N–H and O–H groups in total. The van der Waals surface area contributed by atoms with E-state index in [1.54, 1.807) is 17.0 Å². The number of amides is 1. The molecule has 1 amide bonds. The van der Waals surface area contributed by atoms with Crippen LogP contribution in [0.5, 0.6) is 0 Å². The fraction of sp³-hybridized carbons (Fsp3) is 0.429. The molecule has 0 radical (unpaired) electrons. The van der Waals surface area contributed by atoms with Gasteiger partial charge in [0.2, 0.25) is 0 Å². The molecule has 1 fully saturated rings. The van der Waals surface area contributed by atoms with Crippen LogP contribution in [0.1, 0.15) is 28.8 Å². The number of carboxylic acids is 1. The number of rotatable bonds is 2. The molecule has 1 aliphatic rings. The average Bonchev–Trinajstić information content (AvgIpc) is 2.41. The van der Waals surface area contributed by atoms with Crippen LogP contribution in [0.4, 0.5) is 5.69 Å². The second kappa shape index (κ2) is 5.30. The van der Waals surface area contributed by atoms with Gasteiger partial charge in [-0.2, -0.15) is 0 Å². The molecule has 0 spiro atoms. The van der Waals surface area contributed by atoms with E-state index >= 15 is 0 Å². The molecule has 1 heterocycles. The van der Waals surface area contributed by atoms with Crippen LogP contribution in [-0.2, 0) is 4.79 Å². The summed E-state index contributed by atoms with van der Waals surface area (Å²) in [6.07, 6.45) is 1.03. The van der Waals surface area contributed by atoms with Gasteiger partial charge in [-0.3, -0.25) is 9.59 Å². The van der Waals surface area contributed by atoms with E-state index in [-0.39, 0.29) is 11.8 Å². The highest BCUT2D eigenvalue weighted by Gasteiger charge is 2.27. The lowest BCUT2D eigenvalue weighted by Crippen LogP contribution is -2.40. The number of nitrogens with two attached hydrogens (primary N) is 1. The van der Waals surface area contributed by atoms with Crippen molar-refractivity contribution >= 4 is 17.6 Å². The van der Waals surface area contributed by atoms with Crippen LogP contribution in [0.25, 0.3) is 0 Å². The fourth-order valence-electron chi connectivity index (χ4n) is 2.37. The Labute approximate surface area is 112 Å². The Hall–Kier alpha value is -2.04. The SMILES string of the molecule is Cc1ccc(N)cc1C(=O)N1CCC(C(=O)O)CC1. The number of carboxylic acid groups (broad SMARTS) is 1. The Kier molecular flexibility index (Phi) is 3.74. The van der Waals surface area contributed by atoms with Gasteiger partial charge in [0.1, 0.15) is 0 Å². The Morgan fingerprint density at radius 1 is 1.32 bits per heavy atom. The summed E-state index contributed by atoms with van der Waals surface area (Å²) in [4.78, 5) is 25.0. The lowest BCUT2D eigenvalue weighted by molar-refractivity contribution is -0.143. The molecule has 0 aliphatic carbocycles. The number of anilines is 1. The van der Waals surface area contributed by atoms with Gasteiger partial charge in [-0.1, -0.05) is 6.07 Å². The van der Waals surface area contributed by atoms with Crippen molar-refractivity contribution in [1.29, 1.82) is 0 Å². The van der Waals surface area contributed by atoms with Gasteiger partial charge < -0.3 is 15.7 Å². The third kappa shape index (κ3) is 2.86. The molecule has 2 rings (SSSR count). The molecule has 1 aliphatic heterocycles. The van der Waals surface area contributed by atoms with Crippen molar-refractivity contribution in [3.05, 3.63) is 29.3 Å². The molecule has 1 aromatic carbocycles. The minimum absolute atomic E-state index is 0.0614. The quantitative estimate of drug-likeness (QED) is 0.791. The molecular weight excluding hydrogens is 244 g/mol. The van der Waals surface area contributed by atoms with Gasteiger partial charge >= 0.3 is 5.97 Å². The van der Waals surface area contributed by atoms with Crippen molar-refractivity contribution in [1.82, 2.24) is 4.90 Å². The molecule has 19 heavy (non-hydrogen) atoms. The van der Waals surface area contributed by atoms with Crippen LogP contribution in [0, 0.1) is 12.8 Å².